The van der Waals surface area contributed by atoms with Crippen LogP contribution in [0.1, 0.15) is 0 Å². The summed E-state index contributed by atoms with van der Waals surface area (Å²) in [4.78, 5) is 11.6. The second kappa shape index (κ2) is 4.60. The van der Waals surface area contributed by atoms with Crippen molar-refractivity contribution >= 4 is 22.6 Å². The first kappa shape index (κ1) is 13.9. The van der Waals surface area contributed by atoms with Gasteiger partial charge in [0.15, 0.2) is 22.7 Å². The number of esters is 1. The fourth-order valence-electron chi connectivity index (χ4n) is 1.54. The van der Waals surface area contributed by atoms with Crippen LogP contribution in [0.25, 0.3) is 0 Å². The minimum absolute atomic E-state index is 0.217. The summed E-state index contributed by atoms with van der Waals surface area (Å²) in [7, 11) is -3.41. The third-order valence-electron chi connectivity index (χ3n) is 1.95. The van der Waals surface area contributed by atoms with Crippen molar-refractivity contribution in [3.8, 4) is 0 Å². The van der Waals surface area contributed by atoms with Gasteiger partial charge in [0.25, 0.3) is 0 Å². The molecule has 0 radical (unpaired) electrons. The maximum Gasteiger partial charge on any atom is 0.336 e. The molecule has 0 unspecified atom stereocenters. The highest BCUT2D eigenvalue weighted by Gasteiger charge is 2.43. The van der Waals surface area contributed by atoms with Gasteiger partial charge in [-0.15, -0.1) is 0 Å². The van der Waals surface area contributed by atoms with E-state index in [0.29, 0.717) is 6.61 Å². The normalized spacial score (nSPS) is 27.0. The van der Waals surface area contributed by atoms with E-state index in [9.17, 15) is 4.79 Å². The summed E-state index contributed by atoms with van der Waals surface area (Å²) in [5, 5.41) is 0. The van der Waals surface area contributed by atoms with E-state index in [1.165, 1.54) is 0 Å². The van der Waals surface area contributed by atoms with Crippen LogP contribution < -0.4 is 0 Å². The van der Waals surface area contributed by atoms with Crippen molar-refractivity contribution in [3.63, 3.8) is 0 Å². The van der Waals surface area contributed by atoms with E-state index in [4.69, 9.17) is 13.6 Å². The minimum atomic E-state index is -1.75. The quantitative estimate of drug-likeness (QED) is 0.574. The Kier molecular flexibility index (Phi) is 3.99. The molecule has 4 nitrogen and oxygen atoms in total. The number of ether oxygens (including phenoxy) is 1. The highest BCUT2D eigenvalue weighted by Crippen LogP contribution is 2.22. The van der Waals surface area contributed by atoms with Gasteiger partial charge in [-0.2, -0.15) is 0 Å². The Morgan fingerprint density at radius 1 is 1.06 bits per heavy atom. The lowest BCUT2D eigenvalue weighted by molar-refractivity contribution is -0.144. The van der Waals surface area contributed by atoms with Crippen molar-refractivity contribution in [2.45, 2.75) is 51.5 Å². The monoisotopic (exact) mass is 262 g/mol. The van der Waals surface area contributed by atoms with E-state index < -0.39 is 22.7 Å². The average Bonchev–Trinajstić information content (AvgIpc) is 2.30. The third kappa shape index (κ3) is 4.36. The van der Waals surface area contributed by atoms with Crippen LogP contribution >= 0.6 is 0 Å². The summed E-state index contributed by atoms with van der Waals surface area (Å²) in [6.07, 6.45) is -0.732. The molecule has 1 heterocycles. The number of carbonyl (C=O) groups excluding carboxylic acids is 1. The van der Waals surface area contributed by atoms with Crippen molar-refractivity contribution in [1.82, 2.24) is 0 Å². The number of carbonyl (C=O) groups is 1. The summed E-state index contributed by atoms with van der Waals surface area (Å²) in [6, 6.07) is 0. The second-order valence-corrected chi connectivity index (χ2v) is 15.0. The van der Waals surface area contributed by atoms with Gasteiger partial charge < -0.3 is 13.6 Å². The first-order valence-corrected chi connectivity index (χ1v) is 12.4. The van der Waals surface area contributed by atoms with Gasteiger partial charge in [-0.05, 0) is 39.3 Å². The Morgan fingerprint density at radius 2 is 1.56 bits per heavy atom. The zero-order chi connectivity index (χ0) is 12.6. The number of cyclic esters (lactones) is 1. The molecule has 1 rings (SSSR count). The molecule has 0 spiro atoms. The Labute approximate surface area is 99.5 Å². The molecule has 0 amide bonds. The standard InChI is InChI=1S/C10H22O4Si2/c1-15(2,3)13-8-7-12-10(11)9(8)14-16(4,5)6/h8-9H,7H2,1-6H3/t8-,9+/m0/s1. The van der Waals surface area contributed by atoms with Crippen molar-refractivity contribution in [3.05, 3.63) is 0 Å². The molecular formula is C10H22O4Si2. The average molecular weight is 262 g/mol. The fraction of sp³-hybridized carbons (Fsp3) is 0.900. The maximum absolute atomic E-state index is 11.6. The Bertz CT molecular complexity index is 267. The molecule has 0 N–H and O–H groups in total. The zero-order valence-electron chi connectivity index (χ0n) is 11.0. The van der Waals surface area contributed by atoms with Crippen LogP contribution in [0.5, 0.6) is 0 Å². The number of hydrogen-bond acceptors (Lipinski definition) is 4. The molecule has 6 heteroatoms. The highest BCUT2D eigenvalue weighted by molar-refractivity contribution is 6.70. The molecule has 1 aliphatic heterocycles. The van der Waals surface area contributed by atoms with Gasteiger partial charge in [-0.1, -0.05) is 0 Å². The zero-order valence-corrected chi connectivity index (χ0v) is 13.0. The molecule has 94 valence electrons. The second-order valence-electron chi connectivity index (χ2n) is 6.05. The molecule has 2 atom stereocenters. The van der Waals surface area contributed by atoms with Gasteiger partial charge in [-0.3, -0.25) is 0 Å². The summed E-state index contributed by atoms with van der Waals surface area (Å²) in [5.41, 5.74) is 0. The minimum Gasteiger partial charge on any atom is -0.461 e. The van der Waals surface area contributed by atoms with E-state index >= 15 is 0 Å². The smallest absolute Gasteiger partial charge is 0.336 e. The van der Waals surface area contributed by atoms with Crippen LogP contribution in [0.3, 0.4) is 0 Å². The van der Waals surface area contributed by atoms with E-state index in [-0.39, 0.29) is 12.1 Å². The van der Waals surface area contributed by atoms with Crippen molar-refractivity contribution < 1.29 is 18.4 Å². The van der Waals surface area contributed by atoms with Crippen LogP contribution in [0, 0.1) is 0 Å². The molecule has 0 saturated carbocycles. The largest absolute Gasteiger partial charge is 0.461 e. The Balaban J connectivity index is 2.67. The predicted molar refractivity (Wildman–Crippen MR) is 67.4 cm³/mol. The van der Waals surface area contributed by atoms with E-state index in [2.05, 4.69) is 39.3 Å². The molecule has 0 bridgehead atoms. The molecule has 0 aromatic heterocycles. The molecule has 1 saturated heterocycles. The Hall–Kier alpha value is -0.176. The van der Waals surface area contributed by atoms with Crippen LogP contribution in [0.15, 0.2) is 0 Å². The van der Waals surface area contributed by atoms with Crippen molar-refractivity contribution in [2.24, 2.45) is 0 Å². The summed E-state index contributed by atoms with van der Waals surface area (Å²) < 4.78 is 16.8. The van der Waals surface area contributed by atoms with Gasteiger partial charge in [0, 0.05) is 0 Å². The van der Waals surface area contributed by atoms with Gasteiger partial charge in [0.2, 0.25) is 0 Å². The molecule has 1 aliphatic rings. The van der Waals surface area contributed by atoms with E-state index in [0.717, 1.165) is 0 Å². The molecule has 0 aromatic carbocycles. The van der Waals surface area contributed by atoms with Crippen LogP contribution in [0.2, 0.25) is 39.3 Å². The lowest BCUT2D eigenvalue weighted by Gasteiger charge is -2.28. The molecule has 16 heavy (non-hydrogen) atoms. The molecule has 0 aliphatic carbocycles. The first-order valence-electron chi connectivity index (χ1n) is 5.61. The van der Waals surface area contributed by atoms with Gasteiger partial charge in [-0.25, -0.2) is 4.79 Å². The number of hydrogen-bond donors (Lipinski definition) is 0. The lowest BCUT2D eigenvalue weighted by atomic mass is 10.3. The van der Waals surface area contributed by atoms with Crippen LogP contribution in [0.4, 0.5) is 0 Å². The van der Waals surface area contributed by atoms with Crippen molar-refractivity contribution in [1.29, 1.82) is 0 Å². The molecule has 0 aromatic rings. The van der Waals surface area contributed by atoms with Crippen molar-refractivity contribution in [2.75, 3.05) is 6.61 Å². The maximum atomic E-state index is 11.6. The number of rotatable bonds is 4. The summed E-state index contributed by atoms with van der Waals surface area (Å²) in [6.45, 7) is 12.8. The summed E-state index contributed by atoms with van der Waals surface area (Å²) >= 11 is 0. The predicted octanol–water partition coefficient (Wildman–Crippen LogP) is 1.98. The van der Waals surface area contributed by atoms with Gasteiger partial charge in [0.1, 0.15) is 12.7 Å². The SMILES string of the molecule is C[Si](C)(C)O[C@H]1COC(=O)[C@@H]1O[Si](C)(C)C. The van der Waals surface area contributed by atoms with Gasteiger partial charge in [0.05, 0.1) is 0 Å². The fourth-order valence-corrected chi connectivity index (χ4v) is 3.65. The molecular weight excluding hydrogens is 240 g/mol. The topological polar surface area (TPSA) is 44.8 Å². The molecule has 1 fully saturated rings. The Morgan fingerprint density at radius 3 is 2.00 bits per heavy atom. The van der Waals surface area contributed by atoms with E-state index in [1.54, 1.807) is 0 Å². The third-order valence-corrected chi connectivity index (χ3v) is 3.92. The first-order chi connectivity index (χ1) is 7.08. The van der Waals surface area contributed by atoms with Crippen LogP contribution in [-0.4, -0.2) is 41.4 Å². The van der Waals surface area contributed by atoms with E-state index in [1.807, 2.05) is 0 Å². The highest BCUT2D eigenvalue weighted by atomic mass is 28.4. The van der Waals surface area contributed by atoms with Gasteiger partial charge >= 0.3 is 5.97 Å². The summed E-state index contributed by atoms with van der Waals surface area (Å²) in [5.74, 6) is -0.273. The lowest BCUT2D eigenvalue weighted by Crippen LogP contribution is -2.45. The van der Waals surface area contributed by atoms with Crippen LogP contribution in [-0.2, 0) is 18.4 Å².